The number of carbonyl (C=O) groups is 1. The van der Waals surface area contributed by atoms with Crippen LogP contribution in [0.5, 0.6) is 0 Å². The van der Waals surface area contributed by atoms with Gasteiger partial charge in [-0.3, -0.25) is 9.78 Å². The molecule has 0 aliphatic carbocycles. The van der Waals surface area contributed by atoms with Gasteiger partial charge < -0.3 is 16.8 Å². The summed E-state index contributed by atoms with van der Waals surface area (Å²) in [6, 6.07) is 5.96. The molecule has 0 spiro atoms. The predicted octanol–water partition coefficient (Wildman–Crippen LogP) is 2.26. The highest BCUT2D eigenvalue weighted by atomic mass is 19.1. The molecule has 0 unspecified atom stereocenters. The molecule has 2 rings (SSSR count). The number of carbonyl (C=O) groups excluding carboxylic acids is 1. The first kappa shape index (κ1) is 13.8. The number of nitrogens with zero attached hydrogens (tertiary/aromatic N) is 1. The Morgan fingerprint density at radius 1 is 1.25 bits per heavy atom. The van der Waals surface area contributed by atoms with Crippen molar-refractivity contribution in [3.05, 3.63) is 47.0 Å². The second-order valence-corrected chi connectivity index (χ2v) is 4.49. The van der Waals surface area contributed by atoms with Crippen LogP contribution in [0.1, 0.15) is 21.7 Å². The van der Waals surface area contributed by atoms with E-state index in [1.165, 1.54) is 6.07 Å². The van der Waals surface area contributed by atoms with Gasteiger partial charge in [0.1, 0.15) is 5.82 Å². The van der Waals surface area contributed by atoms with Crippen LogP contribution in [0.25, 0.3) is 0 Å². The van der Waals surface area contributed by atoms with Gasteiger partial charge in [0.2, 0.25) is 0 Å². The lowest BCUT2D eigenvalue weighted by molar-refractivity contribution is 0.100. The van der Waals surface area contributed by atoms with E-state index < -0.39 is 11.7 Å². The summed E-state index contributed by atoms with van der Waals surface area (Å²) in [5.74, 6) is -1.27. The number of nitrogens with two attached hydrogens (primary N) is 2. The van der Waals surface area contributed by atoms with Crippen LogP contribution in [-0.4, -0.2) is 10.9 Å². The Morgan fingerprint density at radius 2 is 1.95 bits per heavy atom. The number of nitrogens with one attached hydrogen (secondary N) is 1. The van der Waals surface area contributed by atoms with Crippen LogP contribution in [0.3, 0.4) is 0 Å². The van der Waals surface area contributed by atoms with Crippen molar-refractivity contribution in [2.24, 2.45) is 5.73 Å². The summed E-state index contributed by atoms with van der Waals surface area (Å²) >= 11 is 0. The van der Waals surface area contributed by atoms with Gasteiger partial charge in [0.15, 0.2) is 0 Å². The molecule has 5 N–H and O–H groups in total. The number of anilines is 3. The highest BCUT2D eigenvalue weighted by Crippen LogP contribution is 2.26. The van der Waals surface area contributed by atoms with Gasteiger partial charge in [-0.1, -0.05) is 0 Å². The van der Waals surface area contributed by atoms with E-state index in [2.05, 4.69) is 10.3 Å². The number of primary amides is 1. The molecule has 2 aromatic rings. The van der Waals surface area contributed by atoms with Crippen LogP contribution < -0.4 is 16.8 Å². The number of benzene rings is 1. The Labute approximate surface area is 115 Å². The summed E-state index contributed by atoms with van der Waals surface area (Å²) in [5.41, 5.74) is 13.2. The van der Waals surface area contributed by atoms with E-state index >= 15 is 0 Å². The third-order valence-electron chi connectivity index (χ3n) is 2.90. The number of halogens is 1. The first-order valence-corrected chi connectivity index (χ1v) is 5.98. The van der Waals surface area contributed by atoms with E-state index in [-0.39, 0.29) is 16.9 Å². The highest BCUT2D eigenvalue weighted by Gasteiger charge is 2.12. The standard InChI is InChI=1S/C14H15FN4O/c1-7-3-4-12(8(2)18-7)19-13-5-9(14(17)20)11(16)6-10(13)15/h3-6,19H,16H2,1-2H3,(H2,17,20). The lowest BCUT2D eigenvalue weighted by Gasteiger charge is -2.12. The minimum absolute atomic E-state index is 0.0132. The van der Waals surface area contributed by atoms with E-state index in [1.54, 1.807) is 19.1 Å². The van der Waals surface area contributed by atoms with Gasteiger partial charge in [-0.2, -0.15) is 0 Å². The molecule has 0 atom stereocenters. The van der Waals surface area contributed by atoms with Crippen molar-refractivity contribution in [2.45, 2.75) is 13.8 Å². The molecule has 20 heavy (non-hydrogen) atoms. The van der Waals surface area contributed by atoms with E-state index in [1.807, 2.05) is 6.92 Å². The molecule has 1 aromatic carbocycles. The van der Waals surface area contributed by atoms with Crippen molar-refractivity contribution in [1.82, 2.24) is 4.98 Å². The molecule has 0 aliphatic rings. The SMILES string of the molecule is Cc1ccc(Nc2cc(C(N)=O)c(N)cc2F)c(C)n1. The number of rotatable bonds is 3. The Kier molecular flexibility index (Phi) is 3.56. The highest BCUT2D eigenvalue weighted by molar-refractivity contribution is 5.99. The van der Waals surface area contributed by atoms with Gasteiger partial charge in [0.25, 0.3) is 5.91 Å². The molecule has 5 nitrogen and oxygen atoms in total. The first-order chi connectivity index (χ1) is 9.38. The molecule has 104 valence electrons. The molecule has 0 bridgehead atoms. The third-order valence-corrected chi connectivity index (χ3v) is 2.90. The monoisotopic (exact) mass is 274 g/mol. The summed E-state index contributed by atoms with van der Waals surface area (Å²) in [4.78, 5) is 15.5. The number of nitrogen functional groups attached to an aromatic ring is 1. The van der Waals surface area contributed by atoms with Gasteiger partial charge >= 0.3 is 0 Å². The Hall–Kier alpha value is -2.63. The largest absolute Gasteiger partial charge is 0.398 e. The Balaban J connectivity index is 2.43. The maximum absolute atomic E-state index is 13.9. The van der Waals surface area contributed by atoms with Crippen molar-refractivity contribution < 1.29 is 9.18 Å². The second kappa shape index (κ2) is 5.16. The molecule has 1 amide bonds. The summed E-state index contributed by atoms with van der Waals surface area (Å²) in [6.07, 6.45) is 0. The fourth-order valence-electron chi connectivity index (χ4n) is 1.86. The molecule has 1 heterocycles. The average Bonchev–Trinajstić information content (AvgIpc) is 2.35. The topological polar surface area (TPSA) is 94.0 Å². The second-order valence-electron chi connectivity index (χ2n) is 4.49. The summed E-state index contributed by atoms with van der Waals surface area (Å²) in [7, 11) is 0. The minimum atomic E-state index is -0.704. The number of aromatic nitrogens is 1. The summed E-state index contributed by atoms with van der Waals surface area (Å²) in [5, 5.41) is 2.89. The molecule has 0 saturated heterocycles. The number of pyridine rings is 1. The number of aryl methyl sites for hydroxylation is 2. The number of amides is 1. The van der Waals surface area contributed by atoms with Crippen molar-refractivity contribution >= 4 is 23.0 Å². The Morgan fingerprint density at radius 3 is 2.55 bits per heavy atom. The maximum Gasteiger partial charge on any atom is 0.250 e. The fourth-order valence-corrected chi connectivity index (χ4v) is 1.86. The van der Waals surface area contributed by atoms with Gasteiger partial charge in [0.05, 0.1) is 22.6 Å². The molecule has 6 heteroatoms. The third kappa shape index (κ3) is 2.69. The zero-order valence-electron chi connectivity index (χ0n) is 11.2. The molecule has 0 saturated carbocycles. The minimum Gasteiger partial charge on any atom is -0.398 e. The van der Waals surface area contributed by atoms with Gasteiger partial charge in [-0.05, 0) is 38.1 Å². The molecule has 0 fully saturated rings. The predicted molar refractivity (Wildman–Crippen MR) is 76.3 cm³/mol. The van der Waals surface area contributed by atoms with Crippen LogP contribution in [-0.2, 0) is 0 Å². The lowest BCUT2D eigenvalue weighted by atomic mass is 10.1. The fraction of sp³-hybridized carbons (Fsp3) is 0.143. The molecule has 0 aliphatic heterocycles. The maximum atomic E-state index is 13.9. The van der Waals surface area contributed by atoms with Crippen LogP contribution in [0.4, 0.5) is 21.5 Å². The smallest absolute Gasteiger partial charge is 0.250 e. The van der Waals surface area contributed by atoms with Crippen LogP contribution in [0, 0.1) is 19.7 Å². The number of hydrogen-bond acceptors (Lipinski definition) is 4. The van der Waals surface area contributed by atoms with E-state index in [0.29, 0.717) is 5.69 Å². The molecular formula is C14H15FN4O. The summed E-state index contributed by atoms with van der Waals surface area (Å²) < 4.78 is 13.9. The average molecular weight is 274 g/mol. The zero-order valence-corrected chi connectivity index (χ0v) is 11.2. The zero-order chi connectivity index (χ0) is 14.9. The van der Waals surface area contributed by atoms with E-state index in [0.717, 1.165) is 17.5 Å². The Bertz CT molecular complexity index is 685. The van der Waals surface area contributed by atoms with Crippen LogP contribution >= 0.6 is 0 Å². The van der Waals surface area contributed by atoms with Gasteiger partial charge in [-0.25, -0.2) is 4.39 Å². The van der Waals surface area contributed by atoms with Gasteiger partial charge in [-0.15, -0.1) is 0 Å². The quantitative estimate of drug-likeness (QED) is 0.748. The molecule has 1 aromatic heterocycles. The normalized spacial score (nSPS) is 10.3. The molecular weight excluding hydrogens is 259 g/mol. The summed E-state index contributed by atoms with van der Waals surface area (Å²) in [6.45, 7) is 3.67. The van der Waals surface area contributed by atoms with Crippen molar-refractivity contribution in [1.29, 1.82) is 0 Å². The van der Waals surface area contributed by atoms with Crippen molar-refractivity contribution in [2.75, 3.05) is 11.1 Å². The van der Waals surface area contributed by atoms with Crippen LogP contribution in [0.15, 0.2) is 24.3 Å². The molecule has 0 radical (unpaired) electrons. The van der Waals surface area contributed by atoms with E-state index in [4.69, 9.17) is 11.5 Å². The van der Waals surface area contributed by atoms with Crippen LogP contribution in [0.2, 0.25) is 0 Å². The van der Waals surface area contributed by atoms with Crippen molar-refractivity contribution in [3.8, 4) is 0 Å². The van der Waals surface area contributed by atoms with Crippen molar-refractivity contribution in [3.63, 3.8) is 0 Å². The van der Waals surface area contributed by atoms with E-state index in [9.17, 15) is 9.18 Å². The lowest BCUT2D eigenvalue weighted by Crippen LogP contribution is -2.14. The number of hydrogen-bond donors (Lipinski definition) is 3. The first-order valence-electron chi connectivity index (χ1n) is 5.98. The van der Waals surface area contributed by atoms with Gasteiger partial charge in [0, 0.05) is 11.4 Å².